The van der Waals surface area contributed by atoms with Crippen LogP contribution in [0.5, 0.6) is 5.75 Å². The Hall–Kier alpha value is -1.06. The molecule has 0 saturated carbocycles. The third-order valence-electron chi connectivity index (χ3n) is 3.17. The molecule has 0 aromatic heterocycles. The molecule has 0 heterocycles. The molecule has 1 aromatic carbocycles. The van der Waals surface area contributed by atoms with Gasteiger partial charge in [0.1, 0.15) is 5.75 Å². The van der Waals surface area contributed by atoms with E-state index < -0.39 is 11.7 Å². The average Bonchev–Trinajstić information content (AvgIpc) is 2.29. The van der Waals surface area contributed by atoms with Crippen molar-refractivity contribution >= 4 is 0 Å². The number of aliphatic hydroxyl groups is 1. The number of ether oxygens (including phenoxy) is 2. The molecule has 1 unspecified atom stereocenters. The molecular formula is C15H24O3. The maximum Gasteiger partial charge on any atom is 0.122 e. The van der Waals surface area contributed by atoms with E-state index in [1.54, 1.807) is 7.11 Å². The van der Waals surface area contributed by atoms with Gasteiger partial charge in [-0.05, 0) is 39.3 Å². The molecule has 0 amide bonds. The van der Waals surface area contributed by atoms with Crippen molar-refractivity contribution in [2.24, 2.45) is 0 Å². The first kappa shape index (κ1) is 15.0. The second-order valence-corrected chi connectivity index (χ2v) is 5.07. The first-order valence-corrected chi connectivity index (χ1v) is 6.36. The van der Waals surface area contributed by atoms with E-state index in [0.29, 0.717) is 13.0 Å². The van der Waals surface area contributed by atoms with Crippen LogP contribution in [0.3, 0.4) is 0 Å². The van der Waals surface area contributed by atoms with E-state index in [-0.39, 0.29) is 0 Å². The van der Waals surface area contributed by atoms with Crippen molar-refractivity contribution < 1.29 is 14.6 Å². The third-order valence-corrected chi connectivity index (χ3v) is 3.17. The van der Waals surface area contributed by atoms with Crippen LogP contribution < -0.4 is 4.74 Å². The molecular weight excluding hydrogens is 228 g/mol. The Labute approximate surface area is 110 Å². The van der Waals surface area contributed by atoms with Crippen LogP contribution in [0, 0.1) is 6.92 Å². The largest absolute Gasteiger partial charge is 0.496 e. The highest BCUT2D eigenvalue weighted by Gasteiger charge is 2.29. The molecule has 1 rings (SSSR count). The summed E-state index contributed by atoms with van der Waals surface area (Å²) in [5.41, 5.74) is 1.62. The lowest BCUT2D eigenvalue weighted by Crippen LogP contribution is -2.40. The molecule has 3 heteroatoms. The first-order chi connectivity index (χ1) is 8.40. The topological polar surface area (TPSA) is 38.7 Å². The highest BCUT2D eigenvalue weighted by Crippen LogP contribution is 2.25. The third kappa shape index (κ3) is 3.72. The van der Waals surface area contributed by atoms with Crippen LogP contribution >= 0.6 is 0 Å². The number of hydrogen-bond acceptors (Lipinski definition) is 3. The van der Waals surface area contributed by atoms with E-state index in [9.17, 15) is 5.11 Å². The second kappa shape index (κ2) is 6.21. The molecule has 0 aliphatic carbocycles. The van der Waals surface area contributed by atoms with Gasteiger partial charge in [-0.3, -0.25) is 0 Å². The standard InChI is InChI=1S/C15H24O3/c1-6-18-15(3,4)14(16)10-12-9-11(2)7-8-13(12)17-5/h7-9,14,16H,6,10H2,1-5H3. The van der Waals surface area contributed by atoms with Crippen molar-refractivity contribution in [3.05, 3.63) is 29.3 Å². The van der Waals surface area contributed by atoms with Crippen LogP contribution in [0.4, 0.5) is 0 Å². The van der Waals surface area contributed by atoms with Gasteiger partial charge >= 0.3 is 0 Å². The molecule has 1 N–H and O–H groups in total. The number of rotatable bonds is 6. The summed E-state index contributed by atoms with van der Waals surface area (Å²) >= 11 is 0. The van der Waals surface area contributed by atoms with Crippen molar-refractivity contribution in [1.82, 2.24) is 0 Å². The molecule has 0 aliphatic rings. The van der Waals surface area contributed by atoms with Gasteiger partial charge in [0.05, 0.1) is 18.8 Å². The summed E-state index contributed by atoms with van der Waals surface area (Å²) in [5, 5.41) is 10.3. The molecule has 1 aromatic rings. The summed E-state index contributed by atoms with van der Waals surface area (Å²) in [6.45, 7) is 8.37. The normalized spacial score (nSPS) is 13.4. The molecule has 0 fully saturated rings. The molecule has 0 saturated heterocycles. The van der Waals surface area contributed by atoms with E-state index in [1.807, 2.05) is 45.9 Å². The van der Waals surface area contributed by atoms with E-state index >= 15 is 0 Å². The van der Waals surface area contributed by atoms with E-state index in [2.05, 4.69) is 0 Å². The van der Waals surface area contributed by atoms with Crippen molar-refractivity contribution in [3.8, 4) is 5.75 Å². The number of methoxy groups -OCH3 is 1. The Morgan fingerprint density at radius 3 is 2.56 bits per heavy atom. The number of hydrogen-bond donors (Lipinski definition) is 1. The summed E-state index contributed by atoms with van der Waals surface area (Å²) in [4.78, 5) is 0. The summed E-state index contributed by atoms with van der Waals surface area (Å²) < 4.78 is 10.9. The lowest BCUT2D eigenvalue weighted by Gasteiger charge is -2.30. The summed E-state index contributed by atoms with van der Waals surface area (Å²) in [6, 6.07) is 5.98. The van der Waals surface area contributed by atoms with Crippen LogP contribution in [0.1, 0.15) is 31.9 Å². The molecule has 102 valence electrons. The van der Waals surface area contributed by atoms with Crippen LogP contribution in [-0.4, -0.2) is 30.5 Å². The zero-order valence-corrected chi connectivity index (χ0v) is 12.0. The lowest BCUT2D eigenvalue weighted by atomic mass is 9.94. The van der Waals surface area contributed by atoms with Gasteiger partial charge in [0.15, 0.2) is 0 Å². The van der Waals surface area contributed by atoms with Crippen molar-refractivity contribution in [1.29, 1.82) is 0 Å². The minimum atomic E-state index is -0.562. The lowest BCUT2D eigenvalue weighted by molar-refractivity contribution is -0.0956. The highest BCUT2D eigenvalue weighted by atomic mass is 16.5. The fraction of sp³-hybridized carbons (Fsp3) is 0.600. The predicted octanol–water partition coefficient (Wildman–Crippen LogP) is 2.72. The Morgan fingerprint density at radius 1 is 1.33 bits per heavy atom. The molecule has 0 aliphatic heterocycles. The monoisotopic (exact) mass is 252 g/mol. The van der Waals surface area contributed by atoms with Gasteiger partial charge < -0.3 is 14.6 Å². The van der Waals surface area contributed by atoms with Crippen molar-refractivity contribution in [3.63, 3.8) is 0 Å². The molecule has 0 radical (unpaired) electrons. The molecule has 0 spiro atoms. The summed E-state index contributed by atoms with van der Waals surface area (Å²) in [7, 11) is 1.65. The molecule has 1 atom stereocenters. The van der Waals surface area contributed by atoms with E-state index in [4.69, 9.17) is 9.47 Å². The maximum absolute atomic E-state index is 10.3. The molecule has 18 heavy (non-hydrogen) atoms. The second-order valence-electron chi connectivity index (χ2n) is 5.07. The molecule has 3 nitrogen and oxygen atoms in total. The minimum absolute atomic E-state index is 0.526. The SMILES string of the molecule is CCOC(C)(C)C(O)Cc1cc(C)ccc1OC. The Morgan fingerprint density at radius 2 is 2.00 bits per heavy atom. The van der Waals surface area contributed by atoms with Gasteiger partial charge in [0.25, 0.3) is 0 Å². The van der Waals surface area contributed by atoms with Crippen LogP contribution in [0.25, 0.3) is 0 Å². The summed E-state index contributed by atoms with van der Waals surface area (Å²) in [5.74, 6) is 0.812. The predicted molar refractivity (Wildman–Crippen MR) is 73.1 cm³/mol. The van der Waals surface area contributed by atoms with Gasteiger partial charge in [-0.25, -0.2) is 0 Å². The number of aliphatic hydroxyl groups excluding tert-OH is 1. The fourth-order valence-corrected chi connectivity index (χ4v) is 1.99. The first-order valence-electron chi connectivity index (χ1n) is 6.36. The van der Waals surface area contributed by atoms with Gasteiger partial charge in [-0.15, -0.1) is 0 Å². The van der Waals surface area contributed by atoms with Crippen LogP contribution in [0.2, 0.25) is 0 Å². The fourth-order valence-electron chi connectivity index (χ4n) is 1.99. The van der Waals surface area contributed by atoms with Gasteiger partial charge in [-0.1, -0.05) is 17.7 Å². The highest BCUT2D eigenvalue weighted by molar-refractivity contribution is 5.37. The van der Waals surface area contributed by atoms with Crippen molar-refractivity contribution in [2.45, 2.75) is 45.8 Å². The van der Waals surface area contributed by atoms with Crippen LogP contribution in [0.15, 0.2) is 18.2 Å². The summed E-state index contributed by atoms with van der Waals surface area (Å²) in [6.07, 6.45) is -0.0363. The van der Waals surface area contributed by atoms with Gasteiger partial charge in [0.2, 0.25) is 0 Å². The van der Waals surface area contributed by atoms with Gasteiger partial charge in [0, 0.05) is 13.0 Å². The Balaban J connectivity index is 2.86. The number of aryl methyl sites for hydroxylation is 1. The average molecular weight is 252 g/mol. The molecule has 0 bridgehead atoms. The van der Waals surface area contributed by atoms with E-state index in [0.717, 1.165) is 16.9 Å². The quantitative estimate of drug-likeness (QED) is 0.846. The van der Waals surface area contributed by atoms with E-state index in [1.165, 1.54) is 0 Å². The zero-order valence-electron chi connectivity index (χ0n) is 12.0. The Kier molecular flexibility index (Phi) is 5.17. The van der Waals surface area contributed by atoms with Crippen molar-refractivity contribution in [2.75, 3.05) is 13.7 Å². The zero-order chi connectivity index (χ0) is 13.8. The number of benzene rings is 1. The Bertz CT molecular complexity index is 385. The smallest absolute Gasteiger partial charge is 0.122 e. The van der Waals surface area contributed by atoms with Crippen LogP contribution in [-0.2, 0) is 11.2 Å². The minimum Gasteiger partial charge on any atom is -0.496 e. The van der Waals surface area contributed by atoms with Gasteiger partial charge in [-0.2, -0.15) is 0 Å². The maximum atomic E-state index is 10.3.